The summed E-state index contributed by atoms with van der Waals surface area (Å²) in [7, 11) is 5.06. The molecule has 0 aliphatic rings. The van der Waals surface area contributed by atoms with Gasteiger partial charge in [0.2, 0.25) is 0 Å². The van der Waals surface area contributed by atoms with E-state index in [-0.39, 0.29) is 11.9 Å². The Bertz CT molecular complexity index is 1270. The number of ether oxygens (including phenoxy) is 2. The fraction of sp³-hybridized carbons (Fsp3) is 0.240. The van der Waals surface area contributed by atoms with Crippen LogP contribution in [-0.2, 0) is 7.05 Å². The van der Waals surface area contributed by atoms with Crippen LogP contribution in [0.1, 0.15) is 33.9 Å². The number of rotatable bonds is 7. The van der Waals surface area contributed by atoms with E-state index in [4.69, 9.17) is 9.47 Å². The van der Waals surface area contributed by atoms with Gasteiger partial charge >= 0.3 is 0 Å². The maximum atomic E-state index is 14.0. The normalized spacial score (nSPS) is 11.8. The van der Waals surface area contributed by atoms with Crippen molar-refractivity contribution >= 4 is 22.9 Å². The molecule has 1 amide bonds. The SMILES string of the molecule is COc1ccc(OC)c(C(C)N(C(=O)c2sc(-c3ccccc3)nc2C)c2cnn(C)c2)c1. The molecule has 2 aromatic carbocycles. The third kappa shape index (κ3) is 4.47. The number of thiazole rings is 1. The third-order valence-electron chi connectivity index (χ3n) is 5.47. The summed E-state index contributed by atoms with van der Waals surface area (Å²) in [4.78, 5) is 21.0. The molecular weight excluding hydrogens is 436 g/mol. The van der Waals surface area contributed by atoms with Crippen molar-refractivity contribution in [2.45, 2.75) is 19.9 Å². The molecule has 2 aromatic heterocycles. The summed E-state index contributed by atoms with van der Waals surface area (Å²) in [5.41, 5.74) is 3.20. The molecule has 170 valence electrons. The van der Waals surface area contributed by atoms with E-state index in [1.807, 2.05) is 75.6 Å². The van der Waals surface area contributed by atoms with Crippen LogP contribution in [-0.4, -0.2) is 34.9 Å². The van der Waals surface area contributed by atoms with Gasteiger partial charge in [-0.2, -0.15) is 5.10 Å². The van der Waals surface area contributed by atoms with Crippen molar-refractivity contribution in [3.05, 3.63) is 77.1 Å². The highest BCUT2D eigenvalue weighted by molar-refractivity contribution is 7.17. The van der Waals surface area contributed by atoms with Crippen LogP contribution in [0.25, 0.3) is 10.6 Å². The molecule has 2 heterocycles. The molecule has 4 aromatic rings. The van der Waals surface area contributed by atoms with Gasteiger partial charge in [-0.25, -0.2) is 4.98 Å². The lowest BCUT2D eigenvalue weighted by Gasteiger charge is -2.29. The highest BCUT2D eigenvalue weighted by atomic mass is 32.1. The zero-order valence-corrected chi connectivity index (χ0v) is 20.1. The Morgan fingerprint density at radius 2 is 1.88 bits per heavy atom. The number of amides is 1. The van der Waals surface area contributed by atoms with E-state index in [9.17, 15) is 4.79 Å². The maximum Gasteiger partial charge on any atom is 0.270 e. The summed E-state index contributed by atoms with van der Waals surface area (Å²) in [5, 5.41) is 5.11. The number of nitrogens with zero attached hydrogens (tertiary/aromatic N) is 4. The number of aromatic nitrogens is 3. The van der Waals surface area contributed by atoms with Gasteiger partial charge in [0.25, 0.3) is 5.91 Å². The molecule has 4 rings (SSSR count). The van der Waals surface area contributed by atoms with Gasteiger partial charge in [-0.1, -0.05) is 30.3 Å². The second-order valence-electron chi connectivity index (χ2n) is 7.63. The lowest BCUT2D eigenvalue weighted by molar-refractivity contribution is 0.0981. The van der Waals surface area contributed by atoms with E-state index < -0.39 is 0 Å². The first-order valence-electron chi connectivity index (χ1n) is 10.5. The Kier molecular flexibility index (Phi) is 6.46. The predicted octanol–water partition coefficient (Wildman–Crippen LogP) is 5.28. The smallest absolute Gasteiger partial charge is 0.270 e. The number of carbonyl (C=O) groups is 1. The molecular formula is C25H26N4O3S. The quantitative estimate of drug-likeness (QED) is 0.374. The molecule has 7 nitrogen and oxygen atoms in total. The fourth-order valence-corrected chi connectivity index (χ4v) is 4.77. The van der Waals surface area contributed by atoms with Crippen LogP contribution in [0.3, 0.4) is 0 Å². The second kappa shape index (κ2) is 9.46. The summed E-state index contributed by atoms with van der Waals surface area (Å²) >= 11 is 1.40. The van der Waals surface area contributed by atoms with Crippen molar-refractivity contribution in [1.29, 1.82) is 0 Å². The summed E-state index contributed by atoms with van der Waals surface area (Å²) in [6.45, 7) is 3.84. The summed E-state index contributed by atoms with van der Waals surface area (Å²) in [5.74, 6) is 1.23. The zero-order valence-electron chi connectivity index (χ0n) is 19.3. The molecule has 0 bridgehead atoms. The Hall–Kier alpha value is -3.65. The standard InChI is InChI=1S/C25H26N4O3S/c1-16-23(33-24(27-16)18-9-7-6-8-10-18)25(30)29(19-14-26-28(3)15-19)17(2)21-13-20(31-4)11-12-22(21)32-5/h6-15,17H,1-5H3. The van der Waals surface area contributed by atoms with E-state index >= 15 is 0 Å². The zero-order chi connectivity index (χ0) is 23.5. The number of hydrogen-bond acceptors (Lipinski definition) is 6. The Labute approximate surface area is 197 Å². The monoisotopic (exact) mass is 462 g/mol. The number of benzene rings is 2. The van der Waals surface area contributed by atoms with Crippen LogP contribution < -0.4 is 14.4 Å². The number of methoxy groups -OCH3 is 2. The van der Waals surface area contributed by atoms with Crippen LogP contribution in [0.15, 0.2) is 60.9 Å². The largest absolute Gasteiger partial charge is 0.497 e. The molecule has 0 N–H and O–H groups in total. The lowest BCUT2D eigenvalue weighted by Crippen LogP contribution is -2.33. The van der Waals surface area contributed by atoms with E-state index in [0.29, 0.717) is 27.8 Å². The molecule has 0 radical (unpaired) electrons. The summed E-state index contributed by atoms with van der Waals surface area (Å²) in [6, 6.07) is 15.1. The molecule has 0 saturated heterocycles. The van der Waals surface area contributed by atoms with Gasteiger partial charge in [-0.15, -0.1) is 11.3 Å². The molecule has 8 heteroatoms. The van der Waals surface area contributed by atoms with Gasteiger partial charge in [-0.05, 0) is 32.0 Å². The van der Waals surface area contributed by atoms with E-state index in [1.165, 1.54) is 11.3 Å². The van der Waals surface area contributed by atoms with Gasteiger partial charge < -0.3 is 9.47 Å². The van der Waals surface area contributed by atoms with Gasteiger partial charge in [0.15, 0.2) is 0 Å². The van der Waals surface area contributed by atoms with E-state index in [1.54, 1.807) is 30.0 Å². The molecule has 33 heavy (non-hydrogen) atoms. The van der Waals surface area contributed by atoms with Crippen LogP contribution in [0.2, 0.25) is 0 Å². The minimum absolute atomic E-state index is 0.141. The molecule has 0 aliphatic heterocycles. The Morgan fingerprint density at radius 1 is 1.12 bits per heavy atom. The summed E-state index contributed by atoms with van der Waals surface area (Å²) < 4.78 is 12.7. The second-order valence-corrected chi connectivity index (χ2v) is 8.63. The fourth-order valence-electron chi connectivity index (χ4n) is 3.76. The molecule has 0 aliphatic carbocycles. The van der Waals surface area contributed by atoms with Crippen LogP contribution >= 0.6 is 11.3 Å². The highest BCUT2D eigenvalue weighted by Gasteiger charge is 2.30. The summed E-state index contributed by atoms with van der Waals surface area (Å²) in [6.07, 6.45) is 3.52. The van der Waals surface area contributed by atoms with Crippen molar-refractivity contribution < 1.29 is 14.3 Å². The lowest BCUT2D eigenvalue weighted by atomic mass is 10.0. The first kappa shape index (κ1) is 22.5. The van der Waals surface area contributed by atoms with Crippen LogP contribution in [0.4, 0.5) is 5.69 Å². The third-order valence-corrected chi connectivity index (χ3v) is 6.67. The topological polar surface area (TPSA) is 69.5 Å². The Balaban J connectivity index is 1.80. The van der Waals surface area contributed by atoms with Gasteiger partial charge in [0, 0.05) is 24.4 Å². The molecule has 0 fully saturated rings. The van der Waals surface area contributed by atoms with Gasteiger partial charge in [-0.3, -0.25) is 14.4 Å². The van der Waals surface area contributed by atoms with Crippen LogP contribution in [0, 0.1) is 6.92 Å². The average Bonchev–Trinajstić information content (AvgIpc) is 3.44. The molecule has 1 unspecified atom stereocenters. The molecule has 0 spiro atoms. The van der Waals surface area contributed by atoms with Crippen LogP contribution in [0.5, 0.6) is 11.5 Å². The number of aryl methyl sites for hydroxylation is 2. The van der Waals surface area contributed by atoms with Gasteiger partial charge in [0.1, 0.15) is 21.4 Å². The number of hydrogen-bond donors (Lipinski definition) is 0. The van der Waals surface area contributed by atoms with Crippen molar-refractivity contribution in [1.82, 2.24) is 14.8 Å². The Morgan fingerprint density at radius 3 is 2.52 bits per heavy atom. The van der Waals surface area contributed by atoms with E-state index in [2.05, 4.69) is 10.1 Å². The highest BCUT2D eigenvalue weighted by Crippen LogP contribution is 2.37. The van der Waals surface area contributed by atoms with Crippen molar-refractivity contribution in [2.75, 3.05) is 19.1 Å². The van der Waals surface area contributed by atoms with Crippen molar-refractivity contribution in [3.8, 4) is 22.1 Å². The number of carbonyl (C=O) groups excluding carboxylic acids is 1. The minimum Gasteiger partial charge on any atom is -0.497 e. The van der Waals surface area contributed by atoms with Crippen molar-refractivity contribution in [2.24, 2.45) is 7.05 Å². The first-order valence-corrected chi connectivity index (χ1v) is 11.3. The predicted molar refractivity (Wildman–Crippen MR) is 130 cm³/mol. The van der Waals surface area contributed by atoms with Crippen molar-refractivity contribution in [3.63, 3.8) is 0 Å². The molecule has 0 saturated carbocycles. The molecule has 1 atom stereocenters. The van der Waals surface area contributed by atoms with Gasteiger partial charge in [0.05, 0.1) is 37.8 Å². The first-order chi connectivity index (χ1) is 15.9. The average molecular weight is 463 g/mol. The maximum absolute atomic E-state index is 14.0. The van der Waals surface area contributed by atoms with E-state index in [0.717, 1.165) is 16.1 Å². The minimum atomic E-state index is -0.353. The number of anilines is 1.